The molecule has 1 aliphatic heterocycles. The Morgan fingerprint density at radius 3 is 2.38 bits per heavy atom. The molecule has 12 rings (SSSR count). The van der Waals surface area contributed by atoms with Crippen LogP contribution in [0.2, 0.25) is 0 Å². The smallest absolute Gasteiger partial charge is 0.235 e. The van der Waals surface area contributed by atoms with Gasteiger partial charge in [0.2, 0.25) is 5.95 Å². The van der Waals surface area contributed by atoms with Gasteiger partial charge in [0.25, 0.3) is 0 Å². The highest BCUT2D eigenvalue weighted by molar-refractivity contribution is 6.10. The molecule has 2 atom stereocenters. The number of allylic oxidation sites excluding steroid dienone is 11. The van der Waals surface area contributed by atoms with E-state index >= 15 is 0 Å². The molecule has 0 bridgehead atoms. The minimum Gasteiger partial charge on any atom is -0.484 e. The van der Waals surface area contributed by atoms with Crippen LogP contribution in [-0.2, 0) is 6.42 Å². The van der Waals surface area contributed by atoms with Crippen molar-refractivity contribution in [2.75, 3.05) is 0 Å². The average molecular weight is 712 g/mol. The molecule has 2 unspecified atom stereocenters. The van der Waals surface area contributed by atoms with Crippen molar-refractivity contribution in [1.29, 1.82) is 0 Å². The number of benzene rings is 4. The third-order valence-electron chi connectivity index (χ3n) is 12.3. The van der Waals surface area contributed by atoms with Crippen molar-refractivity contribution in [2.24, 2.45) is 0 Å². The molecule has 0 amide bonds. The molecule has 55 heavy (non-hydrogen) atoms. The summed E-state index contributed by atoms with van der Waals surface area (Å²) in [5.41, 5.74) is 15.1. The summed E-state index contributed by atoms with van der Waals surface area (Å²) in [6.45, 7) is 0. The van der Waals surface area contributed by atoms with Crippen molar-refractivity contribution in [2.45, 2.75) is 50.5 Å². The second kappa shape index (κ2) is 12.0. The average Bonchev–Trinajstić information content (AvgIpc) is 3.93. The number of aromatic nitrogens is 3. The minimum absolute atomic E-state index is 0.0129. The maximum absolute atomic E-state index is 6.88. The Morgan fingerprint density at radius 2 is 1.47 bits per heavy atom. The van der Waals surface area contributed by atoms with Crippen molar-refractivity contribution < 1.29 is 9.15 Å². The van der Waals surface area contributed by atoms with Crippen molar-refractivity contribution in [3.8, 4) is 11.7 Å². The normalized spacial score (nSPS) is 19.9. The minimum atomic E-state index is -0.0129. The predicted molar refractivity (Wildman–Crippen MR) is 223 cm³/mol. The zero-order valence-electron chi connectivity index (χ0n) is 30.3. The Labute approximate surface area is 318 Å². The summed E-state index contributed by atoms with van der Waals surface area (Å²) in [6, 6.07) is 27.9. The van der Waals surface area contributed by atoms with Gasteiger partial charge in [-0.1, -0.05) is 109 Å². The van der Waals surface area contributed by atoms with E-state index in [-0.39, 0.29) is 12.0 Å². The molecule has 0 fully saturated rings. The van der Waals surface area contributed by atoms with E-state index in [1.165, 1.54) is 39.1 Å². The van der Waals surface area contributed by atoms with E-state index < -0.39 is 0 Å². The van der Waals surface area contributed by atoms with Crippen molar-refractivity contribution in [1.82, 2.24) is 14.5 Å². The first-order valence-corrected chi connectivity index (χ1v) is 19.6. The number of ether oxygens (including phenoxy) is 1. The van der Waals surface area contributed by atoms with Crippen LogP contribution < -0.4 is 4.74 Å². The lowest BCUT2D eigenvalue weighted by atomic mass is 9.88. The first-order valence-electron chi connectivity index (χ1n) is 19.6. The number of para-hydroxylation sites is 3. The van der Waals surface area contributed by atoms with Crippen molar-refractivity contribution >= 4 is 61.0 Å². The van der Waals surface area contributed by atoms with Crippen LogP contribution in [0.3, 0.4) is 0 Å². The third kappa shape index (κ3) is 4.72. The first-order chi connectivity index (χ1) is 27.3. The largest absolute Gasteiger partial charge is 0.484 e. The Balaban J connectivity index is 1.08. The Morgan fingerprint density at radius 1 is 0.655 bits per heavy atom. The lowest BCUT2D eigenvalue weighted by molar-refractivity contribution is 0.271. The van der Waals surface area contributed by atoms with Crippen LogP contribution in [-0.4, -0.2) is 20.6 Å². The van der Waals surface area contributed by atoms with Crippen LogP contribution in [0.1, 0.15) is 66.1 Å². The molecule has 5 heteroatoms. The van der Waals surface area contributed by atoms with Gasteiger partial charge in [-0.15, -0.1) is 0 Å². The first kappa shape index (κ1) is 30.9. The molecule has 0 saturated heterocycles. The molecule has 5 aliphatic rings. The van der Waals surface area contributed by atoms with Gasteiger partial charge in [-0.05, 0) is 91.2 Å². The standard InChI is InChI=1S/C50H37N3O2/c1-2-11-30(12-3-1)31-21-23-32(24-22-31)47-39-15-4-7-18-41(39)51-50(52-47)53-42-27-25-33(34-16-10-17-37-35-13-5-8-19-44(35)54-48(34)37)29-40(42)46-43(53)28-26-38-36-14-6-9-20-45(36)55-49(38)46/h1-2,4-11,13-21,23,26,28-29,36,45H,3,12,22,24-25,27H2. The number of hydrogen-bond donors (Lipinski definition) is 0. The highest BCUT2D eigenvalue weighted by Gasteiger charge is 2.36. The predicted octanol–water partition coefficient (Wildman–Crippen LogP) is 12.3. The molecule has 5 nitrogen and oxygen atoms in total. The van der Waals surface area contributed by atoms with Crippen LogP contribution in [0, 0.1) is 0 Å². The van der Waals surface area contributed by atoms with Crippen LogP contribution in [0.15, 0.2) is 149 Å². The molecule has 7 aromatic rings. The van der Waals surface area contributed by atoms with Gasteiger partial charge in [-0.2, -0.15) is 0 Å². The summed E-state index contributed by atoms with van der Waals surface area (Å²) in [6.07, 6.45) is 28.3. The van der Waals surface area contributed by atoms with Gasteiger partial charge in [0.05, 0.1) is 22.1 Å². The summed E-state index contributed by atoms with van der Waals surface area (Å²) >= 11 is 0. The highest BCUT2D eigenvalue weighted by Crippen LogP contribution is 2.50. The van der Waals surface area contributed by atoms with Gasteiger partial charge in [-0.3, -0.25) is 4.57 Å². The summed E-state index contributed by atoms with van der Waals surface area (Å²) in [7, 11) is 0. The second-order valence-corrected chi connectivity index (χ2v) is 15.3. The van der Waals surface area contributed by atoms with Crippen LogP contribution in [0.25, 0.3) is 66.9 Å². The fourth-order valence-electron chi connectivity index (χ4n) is 9.67. The molecule has 0 N–H and O–H groups in total. The number of hydrogen-bond acceptors (Lipinski definition) is 4. The van der Waals surface area contributed by atoms with Gasteiger partial charge < -0.3 is 9.15 Å². The second-order valence-electron chi connectivity index (χ2n) is 15.3. The quantitative estimate of drug-likeness (QED) is 0.182. The van der Waals surface area contributed by atoms with Crippen LogP contribution in [0.5, 0.6) is 5.75 Å². The molecule has 0 radical (unpaired) electrons. The van der Waals surface area contributed by atoms with Crippen LogP contribution >= 0.6 is 0 Å². The number of nitrogens with zero attached hydrogens (tertiary/aromatic N) is 3. The van der Waals surface area contributed by atoms with Gasteiger partial charge in [-0.25, -0.2) is 9.97 Å². The summed E-state index contributed by atoms with van der Waals surface area (Å²) in [5.74, 6) is 1.88. The number of furan rings is 1. The number of fused-ring (bicyclic) bond motifs is 11. The molecular formula is C50H37N3O2. The summed E-state index contributed by atoms with van der Waals surface area (Å²) < 4.78 is 15.8. The van der Waals surface area contributed by atoms with E-state index in [4.69, 9.17) is 19.1 Å². The van der Waals surface area contributed by atoms with E-state index in [2.05, 4.69) is 138 Å². The third-order valence-corrected chi connectivity index (χ3v) is 12.3. The van der Waals surface area contributed by atoms with Gasteiger partial charge in [0.15, 0.2) is 0 Å². The maximum Gasteiger partial charge on any atom is 0.235 e. The monoisotopic (exact) mass is 711 g/mol. The fourth-order valence-corrected chi connectivity index (χ4v) is 9.67. The topological polar surface area (TPSA) is 53.1 Å². The molecule has 4 aromatic carbocycles. The van der Waals surface area contributed by atoms with E-state index in [1.807, 2.05) is 6.07 Å². The highest BCUT2D eigenvalue weighted by atomic mass is 16.5. The van der Waals surface area contributed by atoms with Gasteiger partial charge in [0, 0.05) is 44.5 Å². The van der Waals surface area contributed by atoms with E-state index in [1.54, 1.807) is 0 Å². The van der Waals surface area contributed by atoms with E-state index in [9.17, 15) is 0 Å². The molecule has 0 spiro atoms. The van der Waals surface area contributed by atoms with Gasteiger partial charge in [0.1, 0.15) is 23.0 Å². The fraction of sp³-hybridized carbons (Fsp3) is 0.160. The molecule has 3 aromatic heterocycles. The van der Waals surface area contributed by atoms with Gasteiger partial charge >= 0.3 is 0 Å². The lowest BCUT2D eigenvalue weighted by Crippen LogP contribution is -2.15. The maximum atomic E-state index is 6.88. The van der Waals surface area contributed by atoms with Crippen molar-refractivity contribution in [3.63, 3.8) is 0 Å². The van der Waals surface area contributed by atoms with Crippen LogP contribution in [0.4, 0.5) is 0 Å². The number of rotatable bonds is 4. The van der Waals surface area contributed by atoms with E-state index in [0.717, 1.165) is 99.3 Å². The van der Waals surface area contributed by atoms with Crippen molar-refractivity contribution in [3.05, 3.63) is 173 Å². The SMILES string of the molecule is C1=CCCC(C2=CC=C(c3nc(-n4c5c(c6c7c(ccc64)C4C=CC=CC4O7)C=C(c4cccc6c4oc4ccccc46)CC5)nc4ccccc34)CC2)=C1. The summed E-state index contributed by atoms with van der Waals surface area (Å²) in [4.78, 5) is 10.8. The zero-order valence-corrected chi connectivity index (χ0v) is 30.3. The Bertz CT molecular complexity index is 3030. The Hall–Kier alpha value is -6.46. The molecule has 4 aliphatic carbocycles. The zero-order chi connectivity index (χ0) is 36.0. The molecule has 0 saturated carbocycles. The Kier molecular flexibility index (Phi) is 6.77. The molecule has 264 valence electrons. The molecular weight excluding hydrogens is 675 g/mol. The molecule has 4 heterocycles. The lowest BCUT2D eigenvalue weighted by Gasteiger charge is -2.20. The summed E-state index contributed by atoms with van der Waals surface area (Å²) in [5, 5.41) is 4.52. The van der Waals surface area contributed by atoms with E-state index in [0.29, 0.717) is 5.95 Å².